The molecule has 0 radical (unpaired) electrons. The van der Waals surface area contributed by atoms with Crippen LogP contribution in [0.2, 0.25) is 0 Å². The Morgan fingerprint density at radius 1 is 1.37 bits per heavy atom. The second-order valence-corrected chi connectivity index (χ2v) is 8.80. The minimum atomic E-state index is -0.784. The molecule has 10 heteroatoms. The fraction of sp³-hybridized carbons (Fsp3) is 0.400. The Balaban J connectivity index is 1.80. The summed E-state index contributed by atoms with van der Waals surface area (Å²) in [7, 11) is 0. The fourth-order valence-electron chi connectivity index (χ4n) is 3.48. The highest BCUT2D eigenvalue weighted by atomic mass is 32.1. The zero-order valence-corrected chi connectivity index (χ0v) is 20.9. The lowest BCUT2D eigenvalue weighted by Gasteiger charge is -2.26. The quantitative estimate of drug-likeness (QED) is 0.385. The zero-order valence-electron chi connectivity index (χ0n) is 20.0. The van der Waals surface area contributed by atoms with Crippen molar-refractivity contribution in [3.63, 3.8) is 0 Å². The Bertz CT molecular complexity index is 1270. The molecular formula is C25H30N4O5S. The number of aryl methyl sites for hydroxylation is 1. The van der Waals surface area contributed by atoms with E-state index in [1.165, 1.54) is 10.6 Å². The number of benzene rings is 1. The van der Waals surface area contributed by atoms with E-state index in [4.69, 9.17) is 14.2 Å². The maximum atomic E-state index is 12.9. The number of carbonyl (C=O) groups excluding carboxylic acids is 1. The molecule has 3 rings (SSSR count). The smallest absolute Gasteiger partial charge is 0.352 e. The van der Waals surface area contributed by atoms with E-state index in [0.29, 0.717) is 17.7 Å². The van der Waals surface area contributed by atoms with Gasteiger partial charge in [-0.2, -0.15) is 5.26 Å². The molecular weight excluding hydrogens is 468 g/mol. The molecule has 1 aromatic carbocycles. The van der Waals surface area contributed by atoms with Gasteiger partial charge in [-0.15, -0.1) is 11.3 Å². The van der Waals surface area contributed by atoms with Gasteiger partial charge in [-0.05, 0) is 25.5 Å². The topological polar surface area (TPSA) is 106 Å². The number of aromatic nitrogens is 1. The zero-order chi connectivity index (χ0) is 25.2. The third-order valence-electron chi connectivity index (χ3n) is 5.41. The van der Waals surface area contributed by atoms with E-state index in [1.54, 1.807) is 13.1 Å². The number of thiazole rings is 1. The van der Waals surface area contributed by atoms with E-state index in [1.807, 2.05) is 31.2 Å². The van der Waals surface area contributed by atoms with Crippen LogP contribution in [0, 0.1) is 18.3 Å². The van der Waals surface area contributed by atoms with E-state index in [9.17, 15) is 14.9 Å². The first kappa shape index (κ1) is 26.2. The summed E-state index contributed by atoms with van der Waals surface area (Å²) in [6.07, 6.45) is 2.99. The number of morpholine rings is 1. The van der Waals surface area contributed by atoms with E-state index in [0.717, 1.165) is 61.2 Å². The molecule has 0 amide bonds. The first-order valence-electron chi connectivity index (χ1n) is 11.4. The number of carbonyl (C=O) groups is 1. The van der Waals surface area contributed by atoms with Crippen LogP contribution in [0.4, 0.5) is 5.69 Å². The molecule has 186 valence electrons. The van der Waals surface area contributed by atoms with Crippen molar-refractivity contribution < 1.29 is 19.0 Å². The average Bonchev–Trinajstić information content (AvgIpc) is 3.18. The Morgan fingerprint density at radius 3 is 2.83 bits per heavy atom. The molecule has 0 aliphatic carbocycles. The number of hydrogen-bond acceptors (Lipinski definition) is 9. The van der Waals surface area contributed by atoms with Crippen LogP contribution in [0.3, 0.4) is 0 Å². The Morgan fingerprint density at radius 2 is 2.14 bits per heavy atom. The van der Waals surface area contributed by atoms with Crippen molar-refractivity contribution in [3.05, 3.63) is 56.0 Å². The Hall–Kier alpha value is -3.39. The standard InChI is InChI=1S/C25H30N4O5S/c1-4-11-34-25(31)20(16-26)24-29(5-2)23(30)22(35-24)17-27-19-7-6-18(3)21(15-19)33-14-10-28-8-12-32-13-9-28/h4,6-7,15,17,27H,1,5,8-14H2,2-3H3. The molecule has 1 aliphatic rings. The van der Waals surface area contributed by atoms with Crippen molar-refractivity contribution in [1.29, 1.82) is 5.26 Å². The number of nitriles is 1. The van der Waals surface area contributed by atoms with Gasteiger partial charge in [0.25, 0.3) is 5.56 Å². The maximum Gasteiger partial charge on any atom is 0.352 e. The highest BCUT2D eigenvalue weighted by Crippen LogP contribution is 2.22. The average molecular weight is 499 g/mol. The van der Waals surface area contributed by atoms with Crippen LogP contribution in [-0.4, -0.2) is 61.5 Å². The largest absolute Gasteiger partial charge is 0.492 e. The summed E-state index contributed by atoms with van der Waals surface area (Å²) in [6, 6.07) is 7.60. The van der Waals surface area contributed by atoms with Crippen LogP contribution >= 0.6 is 11.3 Å². The minimum Gasteiger partial charge on any atom is -0.492 e. The van der Waals surface area contributed by atoms with Crippen molar-refractivity contribution in [2.24, 2.45) is 0 Å². The van der Waals surface area contributed by atoms with E-state index >= 15 is 0 Å². The molecule has 1 aromatic heterocycles. The monoisotopic (exact) mass is 498 g/mol. The first-order chi connectivity index (χ1) is 17.0. The maximum absolute atomic E-state index is 12.9. The molecule has 2 aromatic rings. The molecule has 0 spiro atoms. The number of hydrogen-bond donors (Lipinski definition) is 1. The third kappa shape index (κ3) is 6.82. The van der Waals surface area contributed by atoms with E-state index in [2.05, 4.69) is 16.8 Å². The van der Waals surface area contributed by atoms with Gasteiger partial charge in [0.15, 0.2) is 5.57 Å². The van der Waals surface area contributed by atoms with Gasteiger partial charge in [-0.1, -0.05) is 18.7 Å². The van der Waals surface area contributed by atoms with Gasteiger partial charge in [0.1, 0.15) is 34.2 Å². The molecule has 1 fully saturated rings. The molecule has 0 atom stereocenters. The van der Waals surface area contributed by atoms with Crippen molar-refractivity contribution in [1.82, 2.24) is 9.47 Å². The summed E-state index contributed by atoms with van der Waals surface area (Å²) in [6.45, 7) is 12.3. The summed E-state index contributed by atoms with van der Waals surface area (Å²) in [5.41, 5.74) is 1.26. The van der Waals surface area contributed by atoms with Crippen LogP contribution < -0.4 is 24.8 Å². The van der Waals surface area contributed by atoms with E-state index in [-0.39, 0.29) is 22.4 Å². The van der Waals surface area contributed by atoms with Crippen molar-refractivity contribution >= 4 is 34.8 Å². The van der Waals surface area contributed by atoms with Gasteiger partial charge >= 0.3 is 5.97 Å². The van der Waals surface area contributed by atoms with Crippen molar-refractivity contribution in [2.45, 2.75) is 20.4 Å². The molecule has 1 aliphatic heterocycles. The summed E-state index contributed by atoms with van der Waals surface area (Å²) < 4.78 is 18.4. The first-order valence-corrected chi connectivity index (χ1v) is 12.2. The lowest BCUT2D eigenvalue weighted by molar-refractivity contribution is -0.135. The normalized spacial score (nSPS) is 15.3. The summed E-state index contributed by atoms with van der Waals surface area (Å²) in [5.74, 6) is -0.0210. The second kappa shape index (κ2) is 12.9. The molecule has 0 saturated carbocycles. The lowest BCUT2D eigenvalue weighted by atomic mass is 10.2. The molecule has 2 heterocycles. The molecule has 9 nitrogen and oxygen atoms in total. The highest BCUT2D eigenvalue weighted by molar-refractivity contribution is 7.07. The van der Waals surface area contributed by atoms with Crippen LogP contribution in [0.5, 0.6) is 5.75 Å². The van der Waals surface area contributed by atoms with Crippen molar-refractivity contribution in [3.8, 4) is 11.8 Å². The minimum absolute atomic E-state index is 0.0173. The summed E-state index contributed by atoms with van der Waals surface area (Å²) in [4.78, 5) is 27.5. The van der Waals surface area contributed by atoms with Gasteiger partial charge in [0.05, 0.1) is 13.2 Å². The Labute approximate surface area is 208 Å². The highest BCUT2D eigenvalue weighted by Gasteiger charge is 2.16. The molecule has 1 saturated heterocycles. The summed E-state index contributed by atoms with van der Waals surface area (Å²) >= 11 is 1.06. The van der Waals surface area contributed by atoms with Gasteiger partial charge in [-0.3, -0.25) is 14.3 Å². The molecule has 1 N–H and O–H groups in total. The van der Waals surface area contributed by atoms with Crippen molar-refractivity contribution in [2.75, 3.05) is 51.4 Å². The van der Waals surface area contributed by atoms with Gasteiger partial charge in [-0.25, -0.2) is 4.79 Å². The number of anilines is 1. The predicted octanol–water partition coefficient (Wildman–Crippen LogP) is 1.20. The van der Waals surface area contributed by atoms with Crippen LogP contribution in [0.15, 0.2) is 35.6 Å². The molecule has 35 heavy (non-hydrogen) atoms. The number of rotatable bonds is 10. The van der Waals surface area contributed by atoms with Gasteiger partial charge < -0.3 is 19.5 Å². The third-order valence-corrected chi connectivity index (χ3v) is 6.54. The second-order valence-electron chi connectivity index (χ2n) is 7.77. The SMILES string of the molecule is C=CCOC(=O)C(C#N)=c1sc(=CNc2ccc(C)c(OCCN3CCOCC3)c2)c(=O)n1CC. The lowest BCUT2D eigenvalue weighted by Crippen LogP contribution is -2.38. The molecule has 0 bridgehead atoms. The van der Waals surface area contributed by atoms with Gasteiger partial charge in [0.2, 0.25) is 0 Å². The number of esters is 1. The van der Waals surface area contributed by atoms with Crippen LogP contribution in [0.25, 0.3) is 11.8 Å². The summed E-state index contributed by atoms with van der Waals surface area (Å²) in [5, 5.41) is 12.7. The Kier molecular flexibility index (Phi) is 9.66. The number of nitrogens with one attached hydrogen (secondary N) is 1. The van der Waals surface area contributed by atoms with Gasteiger partial charge in [0, 0.05) is 44.1 Å². The number of nitrogens with zero attached hydrogens (tertiary/aromatic N) is 3. The fourth-order valence-corrected chi connectivity index (χ4v) is 4.56. The molecule has 0 unspecified atom stereocenters. The predicted molar refractivity (Wildman–Crippen MR) is 136 cm³/mol. The number of ether oxygens (including phenoxy) is 3. The van der Waals surface area contributed by atoms with Crippen LogP contribution in [0.1, 0.15) is 12.5 Å². The van der Waals surface area contributed by atoms with E-state index < -0.39 is 5.97 Å². The van der Waals surface area contributed by atoms with Crippen LogP contribution in [-0.2, 0) is 20.8 Å².